The molecule has 0 aliphatic carbocycles. The smallest absolute Gasteiger partial charge is 0.118 e. The second-order valence-corrected chi connectivity index (χ2v) is 4.19. The number of hydrogen-bond acceptors (Lipinski definition) is 1. The van der Waals surface area contributed by atoms with Gasteiger partial charge in [0.05, 0.1) is 7.11 Å². The van der Waals surface area contributed by atoms with Crippen LogP contribution >= 0.6 is 8.58 Å². The summed E-state index contributed by atoms with van der Waals surface area (Å²) in [5, 5.41) is 0. The fraction of sp³-hybridized carbons (Fsp3) is 0.400. The van der Waals surface area contributed by atoms with E-state index in [9.17, 15) is 0 Å². The average Bonchev–Trinajstić information content (AvgIpc) is 2.15. The van der Waals surface area contributed by atoms with Crippen molar-refractivity contribution in [1.29, 1.82) is 0 Å². The summed E-state index contributed by atoms with van der Waals surface area (Å²) in [5.41, 5.74) is 1.41. The molecule has 0 aliphatic heterocycles. The highest BCUT2D eigenvalue weighted by Gasteiger charge is 1.92. The summed E-state index contributed by atoms with van der Waals surface area (Å²) in [7, 11) is 2.75. The Kier molecular flexibility index (Phi) is 4.10. The van der Waals surface area contributed by atoms with E-state index in [-0.39, 0.29) is 0 Å². The van der Waals surface area contributed by atoms with Crippen molar-refractivity contribution in [2.45, 2.75) is 13.1 Å². The molecule has 0 spiro atoms. The van der Waals surface area contributed by atoms with E-state index in [1.807, 2.05) is 12.1 Å². The third kappa shape index (κ3) is 2.83. The molecule has 1 atom stereocenters. The minimum atomic E-state index is 0.943. The average molecular weight is 182 g/mol. The van der Waals surface area contributed by atoms with Crippen LogP contribution in [0.2, 0.25) is 0 Å². The zero-order chi connectivity index (χ0) is 8.81. The van der Waals surface area contributed by atoms with Crippen LogP contribution in [0.4, 0.5) is 0 Å². The van der Waals surface area contributed by atoms with Crippen LogP contribution in [-0.2, 0) is 6.16 Å². The van der Waals surface area contributed by atoms with Crippen molar-refractivity contribution in [3.8, 4) is 5.75 Å². The van der Waals surface area contributed by atoms with Gasteiger partial charge in [-0.15, -0.1) is 8.58 Å². The van der Waals surface area contributed by atoms with Crippen molar-refractivity contribution >= 4 is 8.58 Å². The van der Waals surface area contributed by atoms with Gasteiger partial charge in [0.25, 0.3) is 0 Å². The van der Waals surface area contributed by atoms with E-state index in [2.05, 4.69) is 19.1 Å². The van der Waals surface area contributed by atoms with Gasteiger partial charge >= 0.3 is 0 Å². The Labute approximate surface area is 75.9 Å². The lowest BCUT2D eigenvalue weighted by Crippen LogP contribution is -1.83. The molecular formula is C10H15OP. The molecule has 0 fully saturated rings. The number of ether oxygens (including phenoxy) is 1. The maximum atomic E-state index is 5.08. The van der Waals surface area contributed by atoms with Gasteiger partial charge < -0.3 is 4.74 Å². The topological polar surface area (TPSA) is 9.23 Å². The first-order valence-electron chi connectivity index (χ1n) is 4.20. The number of hydrogen-bond donors (Lipinski definition) is 0. The Balaban J connectivity index is 2.53. The highest BCUT2D eigenvalue weighted by molar-refractivity contribution is 7.37. The van der Waals surface area contributed by atoms with Crippen molar-refractivity contribution in [2.24, 2.45) is 0 Å². The molecular weight excluding hydrogens is 167 g/mol. The molecule has 1 nitrogen and oxygen atoms in total. The van der Waals surface area contributed by atoms with Crippen LogP contribution in [-0.4, -0.2) is 13.3 Å². The van der Waals surface area contributed by atoms with Gasteiger partial charge in [-0.2, -0.15) is 0 Å². The van der Waals surface area contributed by atoms with Gasteiger partial charge in [-0.05, 0) is 30.0 Å². The van der Waals surface area contributed by atoms with Crippen LogP contribution in [0.1, 0.15) is 12.5 Å². The first kappa shape index (κ1) is 9.54. The molecule has 12 heavy (non-hydrogen) atoms. The van der Waals surface area contributed by atoms with E-state index in [1.54, 1.807) is 7.11 Å². The van der Waals surface area contributed by atoms with Crippen molar-refractivity contribution in [3.05, 3.63) is 29.8 Å². The molecule has 0 amide bonds. The van der Waals surface area contributed by atoms with Crippen LogP contribution in [0.3, 0.4) is 0 Å². The van der Waals surface area contributed by atoms with Crippen molar-refractivity contribution in [3.63, 3.8) is 0 Å². The molecule has 0 heterocycles. The summed E-state index contributed by atoms with van der Waals surface area (Å²) < 4.78 is 5.08. The van der Waals surface area contributed by atoms with Crippen LogP contribution in [0.15, 0.2) is 24.3 Å². The van der Waals surface area contributed by atoms with E-state index in [0.717, 1.165) is 14.3 Å². The van der Waals surface area contributed by atoms with Crippen LogP contribution in [0.5, 0.6) is 5.75 Å². The van der Waals surface area contributed by atoms with E-state index in [4.69, 9.17) is 4.74 Å². The van der Waals surface area contributed by atoms with Crippen molar-refractivity contribution in [1.82, 2.24) is 0 Å². The molecule has 2 heteroatoms. The standard InChI is InChI=1S/C10H15OP/c1-3-12-8-9-4-6-10(11-2)7-5-9/h4-7,12H,3,8H2,1-2H3. The van der Waals surface area contributed by atoms with Crippen molar-refractivity contribution in [2.75, 3.05) is 13.3 Å². The van der Waals surface area contributed by atoms with Gasteiger partial charge in [-0.3, -0.25) is 0 Å². The zero-order valence-corrected chi connectivity index (χ0v) is 8.63. The molecule has 0 bridgehead atoms. The molecule has 0 radical (unpaired) electrons. The van der Waals surface area contributed by atoms with Crippen molar-refractivity contribution < 1.29 is 4.74 Å². The maximum absolute atomic E-state index is 5.08. The minimum absolute atomic E-state index is 0.943. The predicted molar refractivity (Wildman–Crippen MR) is 55.6 cm³/mol. The highest BCUT2D eigenvalue weighted by Crippen LogP contribution is 2.19. The Morgan fingerprint density at radius 2 is 1.92 bits per heavy atom. The summed E-state index contributed by atoms with van der Waals surface area (Å²) in [4.78, 5) is 0. The third-order valence-corrected chi connectivity index (χ3v) is 2.90. The molecule has 1 aromatic carbocycles. The Hall–Kier alpha value is -0.550. The Bertz CT molecular complexity index is 218. The fourth-order valence-electron chi connectivity index (χ4n) is 1.01. The molecule has 0 saturated heterocycles. The summed E-state index contributed by atoms with van der Waals surface area (Å²) >= 11 is 0. The summed E-state index contributed by atoms with van der Waals surface area (Å²) in [6.45, 7) is 2.22. The van der Waals surface area contributed by atoms with E-state index < -0.39 is 0 Å². The minimum Gasteiger partial charge on any atom is -0.497 e. The van der Waals surface area contributed by atoms with Gasteiger partial charge in [0.2, 0.25) is 0 Å². The zero-order valence-electron chi connectivity index (χ0n) is 7.63. The van der Waals surface area contributed by atoms with Gasteiger partial charge in [0.15, 0.2) is 0 Å². The Morgan fingerprint density at radius 1 is 1.25 bits per heavy atom. The fourth-order valence-corrected chi connectivity index (χ4v) is 1.79. The SMILES string of the molecule is CCPCc1ccc(OC)cc1. The van der Waals surface area contributed by atoms with Crippen LogP contribution in [0, 0.1) is 0 Å². The second kappa shape index (κ2) is 5.16. The van der Waals surface area contributed by atoms with E-state index in [1.165, 1.54) is 17.9 Å². The van der Waals surface area contributed by atoms with Gasteiger partial charge in [-0.25, -0.2) is 0 Å². The summed E-state index contributed by atoms with van der Waals surface area (Å²) in [6, 6.07) is 8.33. The molecule has 0 aliphatic rings. The van der Waals surface area contributed by atoms with E-state index >= 15 is 0 Å². The lowest BCUT2D eigenvalue weighted by atomic mass is 10.2. The molecule has 0 N–H and O–H groups in total. The number of benzene rings is 1. The lowest BCUT2D eigenvalue weighted by molar-refractivity contribution is 0.414. The predicted octanol–water partition coefficient (Wildman–Crippen LogP) is 2.89. The quantitative estimate of drug-likeness (QED) is 0.650. The normalized spacial score (nSPS) is 10.8. The second-order valence-electron chi connectivity index (χ2n) is 2.63. The van der Waals surface area contributed by atoms with Gasteiger partial charge in [0.1, 0.15) is 5.75 Å². The van der Waals surface area contributed by atoms with Crippen LogP contribution < -0.4 is 4.74 Å². The van der Waals surface area contributed by atoms with E-state index in [0.29, 0.717) is 0 Å². The monoisotopic (exact) mass is 182 g/mol. The Morgan fingerprint density at radius 3 is 2.42 bits per heavy atom. The number of methoxy groups -OCH3 is 1. The largest absolute Gasteiger partial charge is 0.497 e. The first-order valence-corrected chi connectivity index (χ1v) is 5.62. The summed E-state index contributed by atoms with van der Waals surface area (Å²) in [6.07, 6.45) is 2.49. The molecule has 1 aromatic rings. The summed E-state index contributed by atoms with van der Waals surface area (Å²) in [5.74, 6) is 0.943. The molecule has 0 aromatic heterocycles. The highest BCUT2D eigenvalue weighted by atomic mass is 31.1. The first-order chi connectivity index (χ1) is 5.86. The van der Waals surface area contributed by atoms with Gasteiger partial charge in [0, 0.05) is 0 Å². The molecule has 1 unspecified atom stereocenters. The molecule has 1 rings (SSSR count). The molecule has 66 valence electrons. The molecule has 0 saturated carbocycles. The third-order valence-electron chi connectivity index (χ3n) is 1.74. The van der Waals surface area contributed by atoms with Gasteiger partial charge in [-0.1, -0.05) is 19.1 Å². The maximum Gasteiger partial charge on any atom is 0.118 e. The lowest BCUT2D eigenvalue weighted by Gasteiger charge is -2.01. The van der Waals surface area contributed by atoms with Crippen LogP contribution in [0.25, 0.3) is 0 Å². The number of rotatable bonds is 4.